The van der Waals surface area contributed by atoms with Gasteiger partial charge in [0.1, 0.15) is 5.60 Å². The lowest BCUT2D eigenvalue weighted by atomic mass is 10.0. The quantitative estimate of drug-likeness (QED) is 0.840. The topological polar surface area (TPSA) is 74.2 Å². The minimum Gasteiger partial charge on any atom is -0.399 e. The zero-order chi connectivity index (χ0) is 13.2. The first-order chi connectivity index (χ1) is 8.59. The lowest BCUT2D eigenvalue weighted by Crippen LogP contribution is -2.23. The van der Waals surface area contributed by atoms with E-state index in [1.165, 1.54) is 0 Å². The van der Waals surface area contributed by atoms with Crippen LogP contribution >= 0.6 is 0 Å². The zero-order valence-electron chi connectivity index (χ0n) is 10.8. The summed E-state index contributed by atoms with van der Waals surface area (Å²) in [5, 5.41) is 3.97. The number of nitrogens with two attached hydrogens (primary N) is 1. The molecule has 5 nitrogen and oxygen atoms in total. The number of nitrogens with zero attached hydrogens (tertiary/aromatic N) is 2. The van der Waals surface area contributed by atoms with Crippen LogP contribution in [0.5, 0.6) is 0 Å². The second kappa shape index (κ2) is 4.78. The molecule has 0 bridgehead atoms. The standard InChI is InChI=1S/C13H17N3O2/c1-4-13(2,17-3)12-15-11(16-18-12)9-6-5-7-10(14)8-9/h5-8H,4,14H2,1-3H3. The maximum Gasteiger partial charge on any atom is 0.258 e. The molecule has 2 rings (SSSR count). The normalized spacial score (nSPS) is 14.4. The van der Waals surface area contributed by atoms with E-state index in [4.69, 9.17) is 15.0 Å². The predicted octanol–water partition coefficient (Wildman–Crippen LogP) is 2.59. The van der Waals surface area contributed by atoms with Crippen molar-refractivity contribution in [2.45, 2.75) is 25.9 Å². The maximum absolute atomic E-state index is 5.73. The van der Waals surface area contributed by atoms with Gasteiger partial charge in [0, 0.05) is 18.4 Å². The number of hydrogen-bond acceptors (Lipinski definition) is 5. The molecule has 0 radical (unpaired) electrons. The molecular weight excluding hydrogens is 230 g/mol. The summed E-state index contributed by atoms with van der Waals surface area (Å²) in [6, 6.07) is 7.37. The molecule has 0 saturated heterocycles. The maximum atomic E-state index is 5.73. The number of nitrogen functional groups attached to an aromatic ring is 1. The fourth-order valence-corrected chi connectivity index (χ4v) is 1.62. The Balaban J connectivity index is 2.36. The van der Waals surface area contributed by atoms with Gasteiger partial charge in [-0.2, -0.15) is 4.98 Å². The Morgan fingerprint density at radius 2 is 2.22 bits per heavy atom. The molecule has 0 spiro atoms. The fraction of sp³-hybridized carbons (Fsp3) is 0.385. The fourth-order valence-electron chi connectivity index (χ4n) is 1.62. The van der Waals surface area contributed by atoms with Gasteiger partial charge >= 0.3 is 0 Å². The first-order valence-corrected chi connectivity index (χ1v) is 5.84. The van der Waals surface area contributed by atoms with Crippen LogP contribution in [-0.4, -0.2) is 17.3 Å². The van der Waals surface area contributed by atoms with Gasteiger partial charge in [0.15, 0.2) is 0 Å². The van der Waals surface area contributed by atoms with Gasteiger partial charge < -0.3 is 15.0 Å². The van der Waals surface area contributed by atoms with Crippen molar-refractivity contribution in [3.05, 3.63) is 30.2 Å². The molecule has 0 aliphatic carbocycles. The van der Waals surface area contributed by atoms with Gasteiger partial charge in [-0.25, -0.2) is 0 Å². The first-order valence-electron chi connectivity index (χ1n) is 5.84. The molecule has 5 heteroatoms. The van der Waals surface area contributed by atoms with Crippen molar-refractivity contribution in [3.8, 4) is 11.4 Å². The molecule has 1 aromatic heterocycles. The third-order valence-corrected chi connectivity index (χ3v) is 3.15. The van der Waals surface area contributed by atoms with Crippen LogP contribution < -0.4 is 5.73 Å². The molecule has 1 unspecified atom stereocenters. The van der Waals surface area contributed by atoms with E-state index in [0.717, 1.165) is 12.0 Å². The molecule has 1 atom stereocenters. The predicted molar refractivity (Wildman–Crippen MR) is 68.8 cm³/mol. The molecule has 0 aliphatic heterocycles. The lowest BCUT2D eigenvalue weighted by molar-refractivity contribution is -0.0272. The summed E-state index contributed by atoms with van der Waals surface area (Å²) in [6.07, 6.45) is 0.752. The van der Waals surface area contributed by atoms with Gasteiger partial charge in [-0.3, -0.25) is 0 Å². The average Bonchev–Trinajstić information content (AvgIpc) is 2.88. The second-order valence-corrected chi connectivity index (χ2v) is 4.34. The van der Waals surface area contributed by atoms with Gasteiger partial charge in [-0.1, -0.05) is 24.2 Å². The zero-order valence-corrected chi connectivity index (χ0v) is 10.8. The molecule has 2 aromatic rings. The van der Waals surface area contributed by atoms with Crippen molar-refractivity contribution in [2.75, 3.05) is 12.8 Å². The Bertz CT molecular complexity index is 533. The summed E-state index contributed by atoms with van der Waals surface area (Å²) in [5.74, 6) is 0.999. The highest BCUT2D eigenvalue weighted by molar-refractivity contribution is 5.60. The molecular formula is C13H17N3O2. The van der Waals surface area contributed by atoms with Crippen molar-refractivity contribution in [3.63, 3.8) is 0 Å². The summed E-state index contributed by atoms with van der Waals surface area (Å²) in [6.45, 7) is 3.93. The largest absolute Gasteiger partial charge is 0.399 e. The van der Waals surface area contributed by atoms with Gasteiger partial charge in [-0.15, -0.1) is 0 Å². The SMILES string of the molecule is CCC(C)(OC)c1nc(-c2cccc(N)c2)no1. The molecule has 1 aromatic carbocycles. The molecule has 18 heavy (non-hydrogen) atoms. The van der Waals surface area contributed by atoms with E-state index >= 15 is 0 Å². The van der Waals surface area contributed by atoms with Crippen molar-refractivity contribution >= 4 is 5.69 Å². The summed E-state index contributed by atoms with van der Waals surface area (Å²) in [7, 11) is 1.63. The first kappa shape index (κ1) is 12.6. The Kier molecular flexibility index (Phi) is 3.34. The third kappa shape index (κ3) is 2.22. The number of aromatic nitrogens is 2. The number of methoxy groups -OCH3 is 1. The third-order valence-electron chi connectivity index (χ3n) is 3.15. The van der Waals surface area contributed by atoms with Crippen LogP contribution in [0.25, 0.3) is 11.4 Å². The molecule has 0 amide bonds. The van der Waals surface area contributed by atoms with E-state index in [0.29, 0.717) is 17.4 Å². The molecule has 1 heterocycles. The highest BCUT2D eigenvalue weighted by atomic mass is 16.5. The number of hydrogen-bond donors (Lipinski definition) is 1. The minimum atomic E-state index is -0.550. The van der Waals surface area contributed by atoms with Gasteiger partial charge in [0.2, 0.25) is 5.82 Å². The van der Waals surface area contributed by atoms with Crippen LogP contribution in [0.15, 0.2) is 28.8 Å². The van der Waals surface area contributed by atoms with Crippen LogP contribution in [0.3, 0.4) is 0 Å². The number of ether oxygens (including phenoxy) is 1. The van der Waals surface area contributed by atoms with Gasteiger partial charge in [0.25, 0.3) is 5.89 Å². The molecule has 96 valence electrons. The van der Waals surface area contributed by atoms with E-state index in [1.807, 2.05) is 38.1 Å². The number of benzene rings is 1. The smallest absolute Gasteiger partial charge is 0.258 e. The van der Waals surface area contributed by atoms with Crippen molar-refractivity contribution < 1.29 is 9.26 Å². The summed E-state index contributed by atoms with van der Waals surface area (Å²) >= 11 is 0. The van der Waals surface area contributed by atoms with Crippen LogP contribution in [0, 0.1) is 0 Å². The highest BCUT2D eigenvalue weighted by Crippen LogP contribution is 2.28. The van der Waals surface area contributed by atoms with Crippen molar-refractivity contribution in [2.24, 2.45) is 0 Å². The van der Waals surface area contributed by atoms with Crippen LogP contribution in [-0.2, 0) is 10.3 Å². The monoisotopic (exact) mass is 247 g/mol. The number of rotatable bonds is 4. The molecule has 0 aliphatic rings. The summed E-state index contributed by atoms with van der Waals surface area (Å²) in [4.78, 5) is 4.38. The second-order valence-electron chi connectivity index (χ2n) is 4.34. The molecule has 0 fully saturated rings. The summed E-state index contributed by atoms with van der Waals surface area (Å²) in [5.41, 5.74) is 6.68. The van der Waals surface area contributed by atoms with E-state index in [2.05, 4.69) is 10.1 Å². The van der Waals surface area contributed by atoms with E-state index in [9.17, 15) is 0 Å². The Morgan fingerprint density at radius 3 is 2.83 bits per heavy atom. The van der Waals surface area contributed by atoms with Crippen molar-refractivity contribution in [1.82, 2.24) is 10.1 Å². The Hall–Kier alpha value is -1.88. The average molecular weight is 247 g/mol. The van der Waals surface area contributed by atoms with Crippen LogP contribution in [0.4, 0.5) is 5.69 Å². The Labute approximate surface area is 106 Å². The van der Waals surface area contributed by atoms with Crippen LogP contribution in [0.1, 0.15) is 26.2 Å². The number of anilines is 1. The summed E-state index contributed by atoms with van der Waals surface area (Å²) < 4.78 is 10.7. The minimum absolute atomic E-state index is 0.477. The lowest BCUT2D eigenvalue weighted by Gasteiger charge is -2.21. The van der Waals surface area contributed by atoms with E-state index < -0.39 is 5.60 Å². The van der Waals surface area contributed by atoms with E-state index in [1.54, 1.807) is 7.11 Å². The van der Waals surface area contributed by atoms with Gasteiger partial charge in [-0.05, 0) is 25.5 Å². The van der Waals surface area contributed by atoms with Gasteiger partial charge in [0.05, 0.1) is 0 Å². The molecule has 0 saturated carbocycles. The van der Waals surface area contributed by atoms with Crippen molar-refractivity contribution in [1.29, 1.82) is 0 Å². The highest BCUT2D eigenvalue weighted by Gasteiger charge is 2.31. The van der Waals surface area contributed by atoms with Crippen LogP contribution in [0.2, 0.25) is 0 Å². The molecule has 2 N–H and O–H groups in total. The Morgan fingerprint density at radius 1 is 1.44 bits per heavy atom. The van der Waals surface area contributed by atoms with E-state index in [-0.39, 0.29) is 0 Å².